The summed E-state index contributed by atoms with van der Waals surface area (Å²) in [4.78, 5) is 15.4. The fraction of sp³-hybridized carbons (Fsp3) is 0.889. The highest BCUT2D eigenvalue weighted by Gasteiger charge is 2.09. The first kappa shape index (κ1) is 13.7. The maximum atomic E-state index is 10.8. The third kappa shape index (κ3) is 9.05. The van der Waals surface area contributed by atoms with Crippen LogP contribution < -0.4 is 5.73 Å². The molecule has 0 saturated heterocycles. The molecule has 6 heteroatoms. The van der Waals surface area contributed by atoms with Gasteiger partial charge in [-0.15, -0.1) is 0 Å². The first-order valence-electron chi connectivity index (χ1n) is 5.07. The van der Waals surface area contributed by atoms with E-state index < -0.39 is 0 Å². The maximum absolute atomic E-state index is 10.8. The molecule has 0 aromatic heterocycles. The summed E-state index contributed by atoms with van der Waals surface area (Å²) in [5.41, 5.74) is 13.2. The summed E-state index contributed by atoms with van der Waals surface area (Å²) in [6.45, 7) is 6.47. The summed E-state index contributed by atoms with van der Waals surface area (Å²) in [6.07, 6.45) is 0.754. The Labute approximate surface area is 90.1 Å². The summed E-state index contributed by atoms with van der Waals surface area (Å²) in [7, 11) is 0. The molecule has 0 radical (unpaired) electrons. The van der Waals surface area contributed by atoms with Gasteiger partial charge in [-0.25, -0.2) is 0 Å². The highest BCUT2D eigenvalue weighted by atomic mass is 16.1. The molecule has 6 nitrogen and oxygen atoms in total. The topological polar surface area (TPSA) is 95.1 Å². The third-order valence-electron chi connectivity index (χ3n) is 1.80. The van der Waals surface area contributed by atoms with E-state index in [0.29, 0.717) is 12.5 Å². The second kappa shape index (κ2) is 8.08. The van der Waals surface area contributed by atoms with Crippen LogP contribution in [0, 0.1) is 5.92 Å². The fourth-order valence-corrected chi connectivity index (χ4v) is 1.38. The van der Waals surface area contributed by atoms with Gasteiger partial charge in [-0.3, -0.25) is 9.69 Å². The zero-order valence-electron chi connectivity index (χ0n) is 9.39. The molecule has 0 fully saturated rings. The summed E-state index contributed by atoms with van der Waals surface area (Å²) in [5, 5.41) is 3.44. The van der Waals surface area contributed by atoms with Crippen LogP contribution >= 0.6 is 0 Å². The average Bonchev–Trinajstić information content (AvgIpc) is 2.10. The molecule has 2 N–H and O–H groups in total. The average molecular weight is 213 g/mol. The van der Waals surface area contributed by atoms with Crippen LogP contribution in [-0.4, -0.2) is 37.0 Å². The number of amides is 1. The van der Waals surface area contributed by atoms with Crippen LogP contribution in [0.5, 0.6) is 0 Å². The monoisotopic (exact) mass is 213 g/mol. The number of nitrogens with zero attached hydrogens (tertiary/aromatic N) is 4. The van der Waals surface area contributed by atoms with Crippen molar-refractivity contribution in [2.24, 2.45) is 16.8 Å². The molecule has 0 aliphatic heterocycles. The maximum Gasteiger partial charge on any atom is 0.231 e. The van der Waals surface area contributed by atoms with Crippen molar-refractivity contribution in [3.05, 3.63) is 10.4 Å². The summed E-state index contributed by atoms with van der Waals surface area (Å²) >= 11 is 0. The molecule has 0 aromatic rings. The molecule has 0 heterocycles. The van der Waals surface area contributed by atoms with E-state index in [1.54, 1.807) is 0 Å². The minimum absolute atomic E-state index is 0.272. The third-order valence-corrected chi connectivity index (χ3v) is 1.80. The molecule has 0 aliphatic carbocycles. The van der Waals surface area contributed by atoms with Gasteiger partial charge in [0.15, 0.2) is 0 Å². The number of azide groups is 1. The summed E-state index contributed by atoms with van der Waals surface area (Å²) < 4.78 is 0. The predicted octanol–water partition coefficient (Wildman–Crippen LogP) is 1.13. The molecule has 0 aromatic carbocycles. The first-order chi connectivity index (χ1) is 7.06. The number of rotatable bonds is 8. The van der Waals surface area contributed by atoms with Crippen LogP contribution in [-0.2, 0) is 4.79 Å². The Hall–Kier alpha value is -1.26. The van der Waals surface area contributed by atoms with Crippen LogP contribution in [0.2, 0.25) is 0 Å². The Bertz CT molecular complexity index is 235. The molecule has 1 amide bonds. The van der Waals surface area contributed by atoms with Crippen LogP contribution in [0.25, 0.3) is 10.4 Å². The molecule has 0 spiro atoms. The van der Waals surface area contributed by atoms with Crippen LogP contribution in [0.4, 0.5) is 0 Å². The van der Waals surface area contributed by atoms with E-state index in [2.05, 4.69) is 23.9 Å². The number of carbonyl (C=O) groups excluding carboxylic acids is 1. The van der Waals surface area contributed by atoms with Gasteiger partial charge in [-0.1, -0.05) is 19.0 Å². The molecule has 0 bridgehead atoms. The zero-order chi connectivity index (χ0) is 11.7. The standard InChI is InChI=1S/C9H19N5O/c1-8(2)6-14(7-9(10)15)5-3-4-12-13-11/h8H,3-7H2,1-2H3,(H2,10,15). The summed E-state index contributed by atoms with van der Waals surface area (Å²) in [5.74, 6) is 0.170. The lowest BCUT2D eigenvalue weighted by Crippen LogP contribution is -2.37. The number of primary amides is 1. The van der Waals surface area contributed by atoms with Crippen molar-refractivity contribution < 1.29 is 4.79 Å². The Morgan fingerprint density at radius 1 is 1.60 bits per heavy atom. The SMILES string of the molecule is CC(C)CN(CCCN=[N+]=[N-])CC(N)=O. The summed E-state index contributed by atoms with van der Waals surface area (Å²) in [6, 6.07) is 0. The van der Waals surface area contributed by atoms with Crippen molar-refractivity contribution >= 4 is 5.91 Å². The predicted molar refractivity (Wildman–Crippen MR) is 59.1 cm³/mol. The molecule has 15 heavy (non-hydrogen) atoms. The Morgan fingerprint density at radius 3 is 2.73 bits per heavy atom. The van der Waals surface area contributed by atoms with Gasteiger partial charge in [0, 0.05) is 18.0 Å². The minimum atomic E-state index is -0.320. The molecular formula is C9H19N5O. The van der Waals surface area contributed by atoms with E-state index in [-0.39, 0.29) is 12.5 Å². The Kier molecular flexibility index (Phi) is 7.40. The molecule has 0 saturated carbocycles. The van der Waals surface area contributed by atoms with Crippen molar-refractivity contribution in [1.82, 2.24) is 4.90 Å². The lowest BCUT2D eigenvalue weighted by Gasteiger charge is -2.22. The van der Waals surface area contributed by atoms with E-state index >= 15 is 0 Å². The number of hydrogen-bond donors (Lipinski definition) is 1. The molecule has 0 unspecified atom stereocenters. The second-order valence-corrected chi connectivity index (χ2v) is 3.90. The number of carbonyl (C=O) groups is 1. The van der Waals surface area contributed by atoms with Gasteiger partial charge in [0.25, 0.3) is 0 Å². The van der Waals surface area contributed by atoms with Gasteiger partial charge < -0.3 is 5.73 Å². The molecule has 0 aliphatic rings. The van der Waals surface area contributed by atoms with Crippen LogP contribution in [0.15, 0.2) is 5.11 Å². The van der Waals surface area contributed by atoms with E-state index in [1.165, 1.54) is 0 Å². The molecule has 0 atom stereocenters. The minimum Gasteiger partial charge on any atom is -0.369 e. The smallest absolute Gasteiger partial charge is 0.231 e. The zero-order valence-corrected chi connectivity index (χ0v) is 9.39. The van der Waals surface area contributed by atoms with E-state index in [1.807, 2.05) is 4.90 Å². The molecule has 86 valence electrons. The Morgan fingerprint density at radius 2 is 2.27 bits per heavy atom. The van der Waals surface area contributed by atoms with Crippen LogP contribution in [0.3, 0.4) is 0 Å². The van der Waals surface area contributed by atoms with E-state index in [4.69, 9.17) is 11.3 Å². The highest BCUT2D eigenvalue weighted by Crippen LogP contribution is 1.99. The molecule has 0 rings (SSSR count). The van der Waals surface area contributed by atoms with Crippen molar-refractivity contribution in [2.75, 3.05) is 26.2 Å². The quantitative estimate of drug-likeness (QED) is 0.283. The largest absolute Gasteiger partial charge is 0.369 e. The second-order valence-electron chi connectivity index (χ2n) is 3.90. The number of nitrogens with two attached hydrogens (primary N) is 1. The fourth-order valence-electron chi connectivity index (χ4n) is 1.38. The van der Waals surface area contributed by atoms with Crippen molar-refractivity contribution in [2.45, 2.75) is 20.3 Å². The van der Waals surface area contributed by atoms with Gasteiger partial charge in [0.1, 0.15) is 0 Å². The Balaban J connectivity index is 3.89. The van der Waals surface area contributed by atoms with Crippen molar-refractivity contribution in [3.63, 3.8) is 0 Å². The van der Waals surface area contributed by atoms with Crippen LogP contribution in [0.1, 0.15) is 20.3 Å². The lowest BCUT2D eigenvalue weighted by molar-refractivity contribution is -0.119. The highest BCUT2D eigenvalue weighted by molar-refractivity contribution is 5.75. The van der Waals surface area contributed by atoms with Crippen molar-refractivity contribution in [1.29, 1.82) is 0 Å². The molecular weight excluding hydrogens is 194 g/mol. The normalized spacial score (nSPS) is 10.4. The van der Waals surface area contributed by atoms with Gasteiger partial charge in [-0.05, 0) is 24.4 Å². The lowest BCUT2D eigenvalue weighted by atomic mass is 10.2. The van der Waals surface area contributed by atoms with Gasteiger partial charge >= 0.3 is 0 Å². The number of hydrogen-bond acceptors (Lipinski definition) is 3. The van der Waals surface area contributed by atoms with Gasteiger partial charge in [-0.2, -0.15) is 0 Å². The van der Waals surface area contributed by atoms with Gasteiger partial charge in [0.05, 0.1) is 6.54 Å². The van der Waals surface area contributed by atoms with E-state index in [9.17, 15) is 4.79 Å². The van der Waals surface area contributed by atoms with Gasteiger partial charge in [0.2, 0.25) is 5.91 Å². The first-order valence-corrected chi connectivity index (χ1v) is 5.07. The van der Waals surface area contributed by atoms with E-state index in [0.717, 1.165) is 19.5 Å². The van der Waals surface area contributed by atoms with Crippen molar-refractivity contribution in [3.8, 4) is 0 Å².